The lowest BCUT2D eigenvalue weighted by atomic mass is 10.1. The van der Waals surface area contributed by atoms with E-state index in [1.54, 1.807) is 14.0 Å². The summed E-state index contributed by atoms with van der Waals surface area (Å²) in [6.45, 7) is 2.88. The maximum Gasteiger partial charge on any atom is 0.246 e. The largest absolute Gasteiger partial charge is 0.381 e. The normalized spacial score (nSPS) is 18.1. The van der Waals surface area contributed by atoms with Gasteiger partial charge in [0.05, 0.1) is 17.3 Å². The lowest BCUT2D eigenvalue weighted by molar-refractivity contribution is 0.0632. The van der Waals surface area contributed by atoms with E-state index in [4.69, 9.17) is 16.3 Å². The number of hydrogen-bond donors (Lipinski definition) is 1. The summed E-state index contributed by atoms with van der Waals surface area (Å²) in [7, 11) is -1.96. The van der Waals surface area contributed by atoms with Gasteiger partial charge in [-0.15, -0.1) is 11.6 Å². The molecule has 0 radical (unpaired) electrons. The third-order valence-corrected chi connectivity index (χ3v) is 5.80. The SMILES string of the molecule is Cc1[nH]nc(CCl)c1S(=O)(=O)N(C)C1CCOCC1. The summed E-state index contributed by atoms with van der Waals surface area (Å²) < 4.78 is 32.0. The number of nitrogens with zero attached hydrogens (tertiary/aromatic N) is 2. The van der Waals surface area contributed by atoms with Gasteiger partial charge in [0.2, 0.25) is 10.0 Å². The highest BCUT2D eigenvalue weighted by atomic mass is 35.5. The second-order valence-electron chi connectivity index (χ2n) is 4.62. The number of sulfonamides is 1. The molecule has 2 heterocycles. The van der Waals surface area contributed by atoms with Crippen LogP contribution in [0.4, 0.5) is 0 Å². The number of rotatable bonds is 4. The molecule has 8 heteroatoms. The molecule has 0 amide bonds. The van der Waals surface area contributed by atoms with E-state index in [1.165, 1.54) is 4.31 Å². The number of nitrogens with one attached hydrogen (secondary N) is 1. The summed E-state index contributed by atoms with van der Waals surface area (Å²) >= 11 is 5.76. The minimum absolute atomic E-state index is 0.0313. The smallest absolute Gasteiger partial charge is 0.246 e. The van der Waals surface area contributed by atoms with Gasteiger partial charge in [-0.3, -0.25) is 5.10 Å². The van der Waals surface area contributed by atoms with Crippen molar-refractivity contribution in [2.45, 2.75) is 36.6 Å². The van der Waals surface area contributed by atoms with Crippen molar-refractivity contribution in [3.63, 3.8) is 0 Å². The van der Waals surface area contributed by atoms with Crippen molar-refractivity contribution in [2.24, 2.45) is 0 Å². The third-order valence-electron chi connectivity index (χ3n) is 3.43. The van der Waals surface area contributed by atoms with Crippen molar-refractivity contribution in [1.82, 2.24) is 14.5 Å². The van der Waals surface area contributed by atoms with Gasteiger partial charge in [-0.1, -0.05) is 0 Å². The van der Waals surface area contributed by atoms with Crippen LogP contribution in [-0.2, 0) is 20.6 Å². The topological polar surface area (TPSA) is 75.3 Å². The molecule has 0 saturated carbocycles. The van der Waals surface area contributed by atoms with E-state index in [1.807, 2.05) is 0 Å². The highest BCUT2D eigenvalue weighted by Crippen LogP contribution is 2.26. The van der Waals surface area contributed by atoms with Crippen LogP contribution >= 0.6 is 11.6 Å². The Balaban J connectivity index is 2.33. The number of aromatic amines is 1. The number of hydrogen-bond acceptors (Lipinski definition) is 4. The maximum absolute atomic E-state index is 12.7. The van der Waals surface area contributed by atoms with Crippen LogP contribution in [0, 0.1) is 6.92 Å². The molecule has 0 aromatic carbocycles. The van der Waals surface area contributed by atoms with Crippen LogP contribution < -0.4 is 0 Å². The van der Waals surface area contributed by atoms with Gasteiger partial charge in [0, 0.05) is 26.3 Å². The van der Waals surface area contributed by atoms with Crippen LogP contribution in [-0.4, -0.2) is 49.2 Å². The van der Waals surface area contributed by atoms with E-state index in [2.05, 4.69) is 10.2 Å². The summed E-state index contributed by atoms with van der Waals surface area (Å²) in [5, 5.41) is 6.63. The van der Waals surface area contributed by atoms with Crippen molar-refractivity contribution in [3.05, 3.63) is 11.4 Å². The zero-order chi connectivity index (χ0) is 14.0. The third kappa shape index (κ3) is 2.79. The monoisotopic (exact) mass is 307 g/mol. The number of halogens is 1. The van der Waals surface area contributed by atoms with E-state index < -0.39 is 10.0 Å². The van der Waals surface area contributed by atoms with Gasteiger partial charge in [0.1, 0.15) is 4.90 Å². The molecule has 0 aliphatic carbocycles. The second kappa shape index (κ2) is 5.78. The minimum atomic E-state index is -3.57. The van der Waals surface area contributed by atoms with E-state index >= 15 is 0 Å². The Bertz CT molecular complexity index is 537. The van der Waals surface area contributed by atoms with E-state index in [0.29, 0.717) is 37.4 Å². The number of alkyl halides is 1. The van der Waals surface area contributed by atoms with Gasteiger partial charge in [-0.2, -0.15) is 9.40 Å². The Morgan fingerprint density at radius 1 is 1.47 bits per heavy atom. The standard InChI is InChI=1S/C11H18ClN3O3S/c1-8-11(10(7-12)14-13-8)19(16,17)15(2)9-3-5-18-6-4-9/h9H,3-7H2,1-2H3,(H,13,14). The van der Waals surface area contributed by atoms with Crippen molar-refractivity contribution in [3.8, 4) is 0 Å². The van der Waals surface area contributed by atoms with Crippen molar-refractivity contribution < 1.29 is 13.2 Å². The molecule has 1 aliphatic heterocycles. The number of aromatic nitrogens is 2. The van der Waals surface area contributed by atoms with Crippen LogP contribution in [0.5, 0.6) is 0 Å². The molecule has 19 heavy (non-hydrogen) atoms. The molecule has 1 aromatic heterocycles. The Morgan fingerprint density at radius 3 is 2.68 bits per heavy atom. The zero-order valence-corrected chi connectivity index (χ0v) is 12.6. The fraction of sp³-hybridized carbons (Fsp3) is 0.727. The number of aryl methyl sites for hydroxylation is 1. The molecule has 1 N–H and O–H groups in total. The molecule has 1 fully saturated rings. The molecule has 108 valence electrons. The maximum atomic E-state index is 12.7. The molecule has 1 aromatic rings. The summed E-state index contributed by atoms with van der Waals surface area (Å²) in [5.41, 5.74) is 0.896. The molecular weight excluding hydrogens is 290 g/mol. The van der Waals surface area contributed by atoms with Crippen LogP contribution in [0.15, 0.2) is 4.90 Å². The van der Waals surface area contributed by atoms with Gasteiger partial charge in [-0.05, 0) is 19.8 Å². The highest BCUT2D eigenvalue weighted by Gasteiger charge is 2.33. The molecule has 2 rings (SSSR count). The van der Waals surface area contributed by atoms with E-state index in [9.17, 15) is 8.42 Å². The first-order valence-corrected chi connectivity index (χ1v) is 8.11. The fourth-order valence-electron chi connectivity index (χ4n) is 2.29. The van der Waals surface area contributed by atoms with Gasteiger partial charge < -0.3 is 4.74 Å². The first kappa shape index (κ1) is 14.8. The van der Waals surface area contributed by atoms with Gasteiger partial charge in [0.25, 0.3) is 0 Å². The predicted molar refractivity (Wildman–Crippen MR) is 71.7 cm³/mol. The minimum Gasteiger partial charge on any atom is -0.381 e. The Morgan fingerprint density at radius 2 is 2.11 bits per heavy atom. The summed E-state index contributed by atoms with van der Waals surface area (Å²) in [6.07, 6.45) is 1.42. The van der Waals surface area contributed by atoms with Gasteiger partial charge >= 0.3 is 0 Å². The molecule has 1 aliphatic rings. The van der Waals surface area contributed by atoms with E-state index in [-0.39, 0.29) is 16.8 Å². The van der Waals surface area contributed by atoms with Crippen molar-refractivity contribution in [1.29, 1.82) is 0 Å². The van der Waals surface area contributed by atoms with Crippen LogP contribution in [0.3, 0.4) is 0 Å². The molecule has 0 bridgehead atoms. The fourth-order valence-corrected chi connectivity index (χ4v) is 4.30. The Hall–Kier alpha value is -0.630. The van der Waals surface area contributed by atoms with Crippen LogP contribution in [0.1, 0.15) is 24.2 Å². The Kier molecular flexibility index (Phi) is 4.50. The quantitative estimate of drug-likeness (QED) is 0.850. The first-order valence-electron chi connectivity index (χ1n) is 6.14. The van der Waals surface area contributed by atoms with Crippen LogP contribution in [0.2, 0.25) is 0 Å². The lowest BCUT2D eigenvalue weighted by Crippen LogP contribution is -2.40. The van der Waals surface area contributed by atoms with E-state index in [0.717, 1.165) is 0 Å². The summed E-state index contributed by atoms with van der Waals surface area (Å²) in [6, 6.07) is -0.0313. The highest BCUT2D eigenvalue weighted by molar-refractivity contribution is 7.89. The zero-order valence-electron chi connectivity index (χ0n) is 11.0. The van der Waals surface area contributed by atoms with Crippen molar-refractivity contribution >= 4 is 21.6 Å². The molecule has 0 unspecified atom stereocenters. The summed E-state index contributed by atoms with van der Waals surface area (Å²) in [5.74, 6) is 0.0700. The first-order chi connectivity index (χ1) is 8.98. The molecule has 0 spiro atoms. The molecule has 1 saturated heterocycles. The van der Waals surface area contributed by atoms with Crippen LogP contribution in [0.25, 0.3) is 0 Å². The lowest BCUT2D eigenvalue weighted by Gasteiger charge is -2.30. The average molecular weight is 308 g/mol. The second-order valence-corrected chi connectivity index (χ2v) is 6.82. The van der Waals surface area contributed by atoms with Gasteiger partial charge in [-0.25, -0.2) is 8.42 Å². The molecule has 6 nitrogen and oxygen atoms in total. The molecule has 0 atom stereocenters. The number of H-pyrrole nitrogens is 1. The Labute approximate surface area is 118 Å². The van der Waals surface area contributed by atoms with Crippen molar-refractivity contribution in [2.75, 3.05) is 20.3 Å². The average Bonchev–Trinajstić information content (AvgIpc) is 2.80. The summed E-state index contributed by atoms with van der Waals surface area (Å²) in [4.78, 5) is 0.205. The number of ether oxygens (including phenoxy) is 1. The predicted octanol–water partition coefficient (Wildman–Crippen LogP) is 1.26. The van der Waals surface area contributed by atoms with Gasteiger partial charge in [0.15, 0.2) is 0 Å². The molecular formula is C11H18ClN3O3S.